The molecule has 2 N–H and O–H groups in total. The van der Waals surface area contributed by atoms with Crippen LogP contribution in [0.15, 0.2) is 0 Å². The Morgan fingerprint density at radius 3 is 2.50 bits per heavy atom. The van der Waals surface area contributed by atoms with Crippen LogP contribution < -0.4 is 10.6 Å². The van der Waals surface area contributed by atoms with Gasteiger partial charge in [-0.3, -0.25) is 0 Å². The summed E-state index contributed by atoms with van der Waals surface area (Å²) in [7, 11) is 0. The van der Waals surface area contributed by atoms with Gasteiger partial charge in [0.05, 0.1) is 5.69 Å². The monoisotopic (exact) mass is 267 g/mol. The van der Waals surface area contributed by atoms with Gasteiger partial charge in [0.25, 0.3) is 0 Å². The maximum Gasteiger partial charge on any atom is 0.186 e. The van der Waals surface area contributed by atoms with E-state index in [2.05, 4.69) is 25.7 Å². The lowest BCUT2D eigenvalue weighted by molar-refractivity contribution is 0.570. The van der Waals surface area contributed by atoms with Gasteiger partial charge in [-0.25, -0.2) is 4.98 Å². The zero-order chi connectivity index (χ0) is 13.3. The molecule has 4 heteroatoms. The number of nitrogens with two attached hydrogens (primary N) is 1. The highest BCUT2D eigenvalue weighted by atomic mass is 32.1. The van der Waals surface area contributed by atoms with Crippen LogP contribution in [0.1, 0.15) is 56.6 Å². The SMILES string of the molecule is Cc1nc(N(CCC(C)C)C2CC2)sc1C(C)N. The highest BCUT2D eigenvalue weighted by molar-refractivity contribution is 7.15. The van der Waals surface area contributed by atoms with Gasteiger partial charge in [-0.15, -0.1) is 11.3 Å². The van der Waals surface area contributed by atoms with Gasteiger partial charge in [-0.2, -0.15) is 0 Å². The first kappa shape index (κ1) is 13.8. The van der Waals surface area contributed by atoms with Crippen molar-refractivity contribution >= 4 is 16.5 Å². The molecule has 0 spiro atoms. The molecule has 1 saturated carbocycles. The summed E-state index contributed by atoms with van der Waals surface area (Å²) < 4.78 is 0. The number of rotatable bonds is 6. The van der Waals surface area contributed by atoms with Crippen LogP contribution in [0.3, 0.4) is 0 Å². The van der Waals surface area contributed by atoms with Gasteiger partial charge in [0.2, 0.25) is 0 Å². The van der Waals surface area contributed by atoms with Crippen LogP contribution in [-0.2, 0) is 0 Å². The molecule has 1 unspecified atom stereocenters. The second kappa shape index (κ2) is 5.57. The Morgan fingerprint density at radius 1 is 1.39 bits per heavy atom. The van der Waals surface area contributed by atoms with Crippen molar-refractivity contribution in [1.82, 2.24) is 4.98 Å². The number of hydrogen-bond donors (Lipinski definition) is 1. The molecule has 0 aromatic carbocycles. The highest BCUT2D eigenvalue weighted by Crippen LogP contribution is 2.37. The van der Waals surface area contributed by atoms with Crippen molar-refractivity contribution in [3.05, 3.63) is 10.6 Å². The lowest BCUT2D eigenvalue weighted by atomic mass is 10.1. The summed E-state index contributed by atoms with van der Waals surface area (Å²) in [6.07, 6.45) is 3.89. The van der Waals surface area contributed by atoms with E-state index in [1.54, 1.807) is 11.3 Å². The van der Waals surface area contributed by atoms with Gasteiger partial charge in [0.15, 0.2) is 5.13 Å². The molecule has 0 saturated heterocycles. The minimum atomic E-state index is 0.0994. The first-order valence-corrected chi connectivity index (χ1v) is 7.80. The van der Waals surface area contributed by atoms with Crippen LogP contribution in [0.25, 0.3) is 0 Å². The third-order valence-electron chi connectivity index (χ3n) is 3.42. The topological polar surface area (TPSA) is 42.2 Å². The van der Waals surface area contributed by atoms with Crippen molar-refractivity contribution in [1.29, 1.82) is 0 Å². The van der Waals surface area contributed by atoms with Gasteiger partial charge in [0.1, 0.15) is 0 Å². The van der Waals surface area contributed by atoms with Crippen LogP contribution in [0.4, 0.5) is 5.13 Å². The predicted molar refractivity (Wildman–Crippen MR) is 79.3 cm³/mol. The molecule has 102 valence electrons. The van der Waals surface area contributed by atoms with E-state index in [1.165, 1.54) is 29.3 Å². The van der Waals surface area contributed by atoms with Crippen molar-refractivity contribution in [2.75, 3.05) is 11.4 Å². The second-order valence-corrected chi connectivity index (χ2v) is 6.85. The number of aromatic nitrogens is 1. The Morgan fingerprint density at radius 2 is 2.06 bits per heavy atom. The summed E-state index contributed by atoms with van der Waals surface area (Å²) in [4.78, 5) is 8.48. The fourth-order valence-corrected chi connectivity index (χ4v) is 3.27. The van der Waals surface area contributed by atoms with Gasteiger partial charge >= 0.3 is 0 Å². The molecule has 3 nitrogen and oxygen atoms in total. The third-order valence-corrected chi connectivity index (χ3v) is 4.81. The maximum absolute atomic E-state index is 5.99. The molecule has 1 fully saturated rings. The number of anilines is 1. The molecule has 18 heavy (non-hydrogen) atoms. The zero-order valence-electron chi connectivity index (χ0n) is 11.9. The van der Waals surface area contributed by atoms with Crippen molar-refractivity contribution in [2.45, 2.75) is 59.0 Å². The Labute approximate surface area is 114 Å². The maximum atomic E-state index is 5.99. The minimum absolute atomic E-state index is 0.0994. The molecular weight excluding hydrogens is 242 g/mol. The molecule has 1 heterocycles. The summed E-state index contributed by atoms with van der Waals surface area (Å²) in [5.74, 6) is 0.750. The summed E-state index contributed by atoms with van der Waals surface area (Å²) in [5, 5.41) is 1.18. The molecule has 2 rings (SSSR count). The molecule has 1 aliphatic rings. The number of aryl methyl sites for hydroxylation is 1. The summed E-state index contributed by atoms with van der Waals surface area (Å²) in [5.41, 5.74) is 7.11. The lowest BCUT2D eigenvalue weighted by Crippen LogP contribution is -2.27. The van der Waals surface area contributed by atoms with E-state index in [1.807, 2.05) is 6.92 Å². The van der Waals surface area contributed by atoms with E-state index in [0.29, 0.717) is 0 Å². The van der Waals surface area contributed by atoms with Crippen LogP contribution in [0.5, 0.6) is 0 Å². The molecule has 1 aromatic rings. The predicted octanol–water partition coefficient (Wildman–Crippen LogP) is 3.49. The standard InChI is InChI=1S/C14H25N3S/c1-9(2)7-8-17(12-5-6-12)14-16-11(4)13(18-14)10(3)15/h9-10,12H,5-8,15H2,1-4H3. The normalized spacial score (nSPS) is 17.2. The summed E-state index contributed by atoms with van der Waals surface area (Å²) >= 11 is 1.79. The smallest absolute Gasteiger partial charge is 0.186 e. The Hall–Kier alpha value is -0.610. The molecule has 0 amide bonds. The van der Waals surface area contributed by atoms with Crippen molar-refractivity contribution in [3.8, 4) is 0 Å². The van der Waals surface area contributed by atoms with Crippen molar-refractivity contribution in [2.24, 2.45) is 11.7 Å². The molecular formula is C14H25N3S. The quantitative estimate of drug-likeness (QED) is 0.858. The van der Waals surface area contributed by atoms with Crippen molar-refractivity contribution in [3.63, 3.8) is 0 Å². The average molecular weight is 267 g/mol. The van der Waals surface area contributed by atoms with E-state index in [-0.39, 0.29) is 6.04 Å². The van der Waals surface area contributed by atoms with Crippen LogP contribution in [0.2, 0.25) is 0 Å². The van der Waals surface area contributed by atoms with Gasteiger partial charge in [-0.1, -0.05) is 13.8 Å². The summed E-state index contributed by atoms with van der Waals surface area (Å²) in [6.45, 7) is 9.82. The number of thiazole rings is 1. The third kappa shape index (κ3) is 3.23. The molecule has 1 aromatic heterocycles. The van der Waals surface area contributed by atoms with E-state index >= 15 is 0 Å². The van der Waals surface area contributed by atoms with Crippen LogP contribution in [-0.4, -0.2) is 17.6 Å². The largest absolute Gasteiger partial charge is 0.345 e. The first-order valence-electron chi connectivity index (χ1n) is 6.98. The number of hydrogen-bond acceptors (Lipinski definition) is 4. The minimum Gasteiger partial charge on any atom is -0.345 e. The number of nitrogens with zero attached hydrogens (tertiary/aromatic N) is 2. The lowest BCUT2D eigenvalue weighted by Gasteiger charge is -2.22. The van der Waals surface area contributed by atoms with E-state index < -0.39 is 0 Å². The molecule has 0 radical (unpaired) electrons. The van der Waals surface area contributed by atoms with Gasteiger partial charge in [-0.05, 0) is 39.0 Å². The molecule has 0 bridgehead atoms. The fourth-order valence-electron chi connectivity index (χ4n) is 2.16. The van der Waals surface area contributed by atoms with E-state index in [9.17, 15) is 0 Å². The second-order valence-electron chi connectivity index (χ2n) is 5.84. The fraction of sp³-hybridized carbons (Fsp3) is 0.786. The van der Waals surface area contributed by atoms with Gasteiger partial charge in [0, 0.05) is 23.5 Å². The van der Waals surface area contributed by atoms with Gasteiger partial charge < -0.3 is 10.6 Å². The Kier molecular flexibility index (Phi) is 4.28. The molecule has 1 aliphatic carbocycles. The average Bonchev–Trinajstić information content (AvgIpc) is 3.02. The Bertz CT molecular complexity index is 394. The van der Waals surface area contributed by atoms with Crippen LogP contribution in [0, 0.1) is 12.8 Å². The molecule has 0 aliphatic heterocycles. The summed E-state index contributed by atoms with van der Waals surface area (Å²) in [6, 6.07) is 0.831. The Balaban J connectivity index is 2.12. The first-order chi connectivity index (χ1) is 8.49. The van der Waals surface area contributed by atoms with Crippen molar-refractivity contribution < 1.29 is 0 Å². The molecule has 1 atom stereocenters. The van der Waals surface area contributed by atoms with E-state index in [0.717, 1.165) is 24.2 Å². The van der Waals surface area contributed by atoms with E-state index in [4.69, 9.17) is 10.7 Å². The zero-order valence-corrected chi connectivity index (χ0v) is 12.8. The highest BCUT2D eigenvalue weighted by Gasteiger charge is 2.31. The van der Waals surface area contributed by atoms with Crippen LogP contribution >= 0.6 is 11.3 Å².